The van der Waals surface area contributed by atoms with Crippen molar-refractivity contribution in [1.29, 1.82) is 5.26 Å². The summed E-state index contributed by atoms with van der Waals surface area (Å²) in [6, 6.07) is 18.9. The Balaban J connectivity index is 2.00. The number of nitrogens with zero attached hydrogens (tertiary/aromatic N) is 4. The van der Waals surface area contributed by atoms with Crippen LogP contribution in [0.2, 0.25) is 0 Å². The predicted octanol–water partition coefficient (Wildman–Crippen LogP) is 4.95. The molecule has 0 bridgehead atoms. The fourth-order valence-electron chi connectivity index (χ4n) is 2.49. The number of benzene rings is 2. The maximum atomic E-state index is 8.70. The van der Waals surface area contributed by atoms with Crippen LogP contribution in [0.3, 0.4) is 0 Å². The molecule has 1 aromatic heterocycles. The van der Waals surface area contributed by atoms with Crippen molar-refractivity contribution < 1.29 is 0 Å². The van der Waals surface area contributed by atoms with Crippen LogP contribution in [0.15, 0.2) is 53.7 Å². The fourth-order valence-corrected chi connectivity index (χ4v) is 3.39. The number of aromatic nitrogens is 3. The Morgan fingerprint density at radius 2 is 1.60 bits per heavy atom. The van der Waals surface area contributed by atoms with Gasteiger partial charge < -0.3 is 0 Å². The van der Waals surface area contributed by atoms with E-state index in [-0.39, 0.29) is 0 Å². The van der Waals surface area contributed by atoms with Crippen molar-refractivity contribution in [2.24, 2.45) is 0 Å². The number of thioether (sulfide) groups is 1. The zero-order valence-electron chi connectivity index (χ0n) is 14.4. The van der Waals surface area contributed by atoms with E-state index >= 15 is 0 Å². The summed E-state index contributed by atoms with van der Waals surface area (Å²) in [5.41, 5.74) is 4.53. The van der Waals surface area contributed by atoms with E-state index in [1.54, 1.807) is 11.8 Å². The van der Waals surface area contributed by atoms with E-state index in [9.17, 15) is 0 Å². The van der Waals surface area contributed by atoms with Crippen molar-refractivity contribution in [3.63, 3.8) is 0 Å². The second-order valence-corrected chi connectivity index (χ2v) is 7.02. The van der Waals surface area contributed by atoms with E-state index in [4.69, 9.17) is 5.26 Å². The maximum Gasteiger partial charge on any atom is 0.196 e. The van der Waals surface area contributed by atoms with Gasteiger partial charge in [-0.15, -0.1) is 10.2 Å². The third-order valence-corrected chi connectivity index (χ3v) is 4.91. The first kappa shape index (κ1) is 17.2. The van der Waals surface area contributed by atoms with Gasteiger partial charge in [-0.3, -0.25) is 4.57 Å². The van der Waals surface area contributed by atoms with E-state index in [1.807, 2.05) is 0 Å². The molecule has 25 heavy (non-hydrogen) atoms. The molecule has 3 rings (SSSR count). The summed E-state index contributed by atoms with van der Waals surface area (Å²) in [5.74, 6) is 1.69. The normalized spacial score (nSPS) is 10.6. The highest BCUT2D eigenvalue weighted by molar-refractivity contribution is 7.99. The highest BCUT2D eigenvalue weighted by atomic mass is 32.2. The molecule has 0 saturated carbocycles. The van der Waals surface area contributed by atoms with Gasteiger partial charge in [0, 0.05) is 23.4 Å². The van der Waals surface area contributed by atoms with Gasteiger partial charge in [0.05, 0.1) is 6.07 Å². The van der Waals surface area contributed by atoms with Crippen molar-refractivity contribution >= 4 is 11.8 Å². The molecule has 0 amide bonds. The second kappa shape index (κ2) is 8.00. The number of hydrogen-bond acceptors (Lipinski definition) is 4. The Bertz CT molecular complexity index is 874. The van der Waals surface area contributed by atoms with Gasteiger partial charge >= 0.3 is 0 Å². The average molecular weight is 348 g/mol. The summed E-state index contributed by atoms with van der Waals surface area (Å²) in [5, 5.41) is 18.4. The van der Waals surface area contributed by atoms with Crippen LogP contribution >= 0.6 is 11.8 Å². The molecule has 0 atom stereocenters. The summed E-state index contributed by atoms with van der Waals surface area (Å²) < 4.78 is 2.10. The van der Waals surface area contributed by atoms with Gasteiger partial charge in [0.1, 0.15) is 0 Å². The summed E-state index contributed by atoms with van der Waals surface area (Å²) in [6.45, 7) is 4.15. The largest absolute Gasteiger partial charge is 0.270 e. The van der Waals surface area contributed by atoms with Gasteiger partial charge in [-0.1, -0.05) is 59.3 Å². The molecule has 0 spiro atoms. The van der Waals surface area contributed by atoms with E-state index < -0.39 is 0 Å². The summed E-state index contributed by atoms with van der Waals surface area (Å²) in [6.07, 6.45) is 1.41. The van der Waals surface area contributed by atoms with Crippen LogP contribution in [0.4, 0.5) is 0 Å². The summed E-state index contributed by atoms with van der Waals surface area (Å²) in [7, 11) is 0. The molecule has 126 valence electrons. The lowest BCUT2D eigenvalue weighted by Crippen LogP contribution is -2.00. The van der Waals surface area contributed by atoms with Gasteiger partial charge in [0.15, 0.2) is 11.0 Å². The fraction of sp³-hybridized carbons (Fsp3) is 0.250. The number of aryl methyl sites for hydroxylation is 2. The van der Waals surface area contributed by atoms with Crippen molar-refractivity contribution in [3.8, 4) is 23.1 Å². The van der Waals surface area contributed by atoms with E-state index in [0.29, 0.717) is 6.42 Å². The number of nitriles is 1. The zero-order chi connectivity index (χ0) is 17.6. The standard InChI is InChI=1S/C20H20N4S/c1-15-5-9-17(10-6-15)19-22-23-20(25-14-4-3-13-21)24(19)18-11-7-16(2)8-12-18/h5-12H,3-4,14H2,1-2H3. The third-order valence-electron chi connectivity index (χ3n) is 3.90. The van der Waals surface area contributed by atoms with Crippen LogP contribution < -0.4 is 0 Å². The average Bonchev–Trinajstić information content (AvgIpc) is 3.04. The van der Waals surface area contributed by atoms with E-state index in [0.717, 1.165) is 34.4 Å². The van der Waals surface area contributed by atoms with E-state index in [2.05, 4.69) is 83.2 Å². The first-order valence-corrected chi connectivity index (χ1v) is 9.27. The monoisotopic (exact) mass is 348 g/mol. The number of rotatable bonds is 6. The molecular formula is C20H20N4S. The van der Waals surface area contributed by atoms with Crippen molar-refractivity contribution in [2.75, 3.05) is 5.75 Å². The SMILES string of the molecule is Cc1ccc(-c2nnc(SCCCC#N)n2-c2ccc(C)cc2)cc1. The smallest absolute Gasteiger partial charge is 0.196 e. The first-order chi connectivity index (χ1) is 12.2. The Morgan fingerprint density at radius 3 is 2.24 bits per heavy atom. The minimum absolute atomic E-state index is 0.566. The number of hydrogen-bond donors (Lipinski definition) is 0. The second-order valence-electron chi connectivity index (χ2n) is 5.95. The Labute approximate surface area is 152 Å². The summed E-state index contributed by atoms with van der Waals surface area (Å²) in [4.78, 5) is 0. The lowest BCUT2D eigenvalue weighted by atomic mass is 10.1. The molecule has 0 aliphatic carbocycles. The van der Waals surface area contributed by atoms with Gasteiger partial charge in [-0.2, -0.15) is 5.26 Å². The van der Waals surface area contributed by atoms with Gasteiger partial charge in [-0.05, 0) is 32.4 Å². The van der Waals surface area contributed by atoms with E-state index in [1.165, 1.54) is 11.1 Å². The Kier molecular flexibility index (Phi) is 5.52. The van der Waals surface area contributed by atoms with Crippen molar-refractivity contribution in [1.82, 2.24) is 14.8 Å². The molecule has 0 aliphatic rings. The lowest BCUT2D eigenvalue weighted by molar-refractivity contribution is 0.879. The molecule has 1 heterocycles. The minimum Gasteiger partial charge on any atom is -0.270 e. The molecule has 0 N–H and O–H groups in total. The molecule has 3 aromatic rings. The molecule has 5 heteroatoms. The van der Waals surface area contributed by atoms with Crippen LogP contribution in [0.1, 0.15) is 24.0 Å². The topological polar surface area (TPSA) is 54.5 Å². The first-order valence-electron chi connectivity index (χ1n) is 8.28. The van der Waals surface area contributed by atoms with Crippen LogP contribution in [-0.2, 0) is 0 Å². The summed E-state index contributed by atoms with van der Waals surface area (Å²) >= 11 is 1.64. The van der Waals surface area contributed by atoms with Crippen LogP contribution in [0.5, 0.6) is 0 Å². The molecule has 4 nitrogen and oxygen atoms in total. The molecule has 0 radical (unpaired) electrons. The van der Waals surface area contributed by atoms with Crippen LogP contribution in [0.25, 0.3) is 17.1 Å². The molecule has 0 saturated heterocycles. The van der Waals surface area contributed by atoms with Crippen LogP contribution in [0, 0.1) is 25.2 Å². The molecule has 0 unspecified atom stereocenters. The Morgan fingerprint density at radius 1 is 0.960 bits per heavy atom. The minimum atomic E-state index is 0.566. The molecule has 0 fully saturated rings. The predicted molar refractivity (Wildman–Crippen MR) is 102 cm³/mol. The molecular weight excluding hydrogens is 328 g/mol. The lowest BCUT2D eigenvalue weighted by Gasteiger charge is -2.11. The van der Waals surface area contributed by atoms with Crippen molar-refractivity contribution in [2.45, 2.75) is 31.8 Å². The van der Waals surface area contributed by atoms with Crippen LogP contribution in [-0.4, -0.2) is 20.5 Å². The van der Waals surface area contributed by atoms with Gasteiger partial charge in [-0.25, -0.2) is 0 Å². The van der Waals surface area contributed by atoms with Crippen molar-refractivity contribution in [3.05, 3.63) is 59.7 Å². The zero-order valence-corrected chi connectivity index (χ0v) is 15.3. The maximum absolute atomic E-state index is 8.70. The van der Waals surface area contributed by atoms with Gasteiger partial charge in [0.25, 0.3) is 0 Å². The van der Waals surface area contributed by atoms with Gasteiger partial charge in [0.2, 0.25) is 0 Å². The quantitative estimate of drug-likeness (QED) is 0.467. The number of unbranched alkanes of at least 4 members (excludes halogenated alkanes) is 1. The molecule has 2 aromatic carbocycles. The highest BCUT2D eigenvalue weighted by Gasteiger charge is 2.15. The Hall–Kier alpha value is -2.58. The highest BCUT2D eigenvalue weighted by Crippen LogP contribution is 2.28. The molecule has 0 aliphatic heterocycles. The third kappa shape index (κ3) is 4.09.